The van der Waals surface area contributed by atoms with Crippen molar-refractivity contribution in [1.82, 2.24) is 14.9 Å². The van der Waals surface area contributed by atoms with Gasteiger partial charge in [0.1, 0.15) is 11.9 Å². The molecule has 150 valence electrons. The van der Waals surface area contributed by atoms with Crippen LogP contribution < -0.4 is 4.90 Å². The number of hydrogen-bond acceptors (Lipinski definition) is 6. The van der Waals surface area contributed by atoms with E-state index in [0.717, 1.165) is 65.5 Å². The van der Waals surface area contributed by atoms with Gasteiger partial charge in [-0.3, -0.25) is 4.79 Å². The van der Waals surface area contributed by atoms with Gasteiger partial charge in [-0.2, -0.15) is 5.26 Å². The quantitative estimate of drug-likeness (QED) is 0.609. The van der Waals surface area contributed by atoms with E-state index in [0.29, 0.717) is 5.56 Å². The molecule has 30 heavy (non-hydrogen) atoms. The normalized spacial score (nSPS) is 17.2. The number of carbonyl (C=O) groups excluding carboxylic acids is 1. The summed E-state index contributed by atoms with van der Waals surface area (Å²) in [5.74, 6) is 0.736. The van der Waals surface area contributed by atoms with E-state index in [4.69, 9.17) is 4.98 Å². The predicted octanol–water partition coefficient (Wildman–Crippen LogP) is 3.76. The summed E-state index contributed by atoms with van der Waals surface area (Å²) >= 11 is 1.62. The zero-order chi connectivity index (χ0) is 20.9. The van der Waals surface area contributed by atoms with Crippen LogP contribution in [-0.4, -0.2) is 47.0 Å². The van der Waals surface area contributed by atoms with Crippen molar-refractivity contribution in [2.24, 2.45) is 5.41 Å². The van der Waals surface area contributed by atoms with E-state index in [-0.39, 0.29) is 11.3 Å². The van der Waals surface area contributed by atoms with Crippen molar-refractivity contribution in [2.45, 2.75) is 13.3 Å². The summed E-state index contributed by atoms with van der Waals surface area (Å²) in [4.78, 5) is 26.3. The zero-order valence-electron chi connectivity index (χ0n) is 16.8. The molecule has 1 aromatic carbocycles. The van der Waals surface area contributed by atoms with Gasteiger partial charge in [-0.05, 0) is 37.1 Å². The maximum Gasteiger partial charge on any atom is 0.245 e. The third kappa shape index (κ3) is 2.96. The lowest BCUT2D eigenvalue weighted by Crippen LogP contribution is -2.59. The number of benzene rings is 1. The largest absolute Gasteiger partial charge is 0.355 e. The maximum absolute atomic E-state index is 11.8. The minimum atomic E-state index is -0.00786. The highest BCUT2D eigenvalue weighted by molar-refractivity contribution is 7.13. The second-order valence-electron chi connectivity index (χ2n) is 8.22. The SMILES string of the molecule is C=CC(=O)N1CC2(CCN(c3nc4cc(-c5scnc5C)ccc4cc3C#N)C2)C1. The van der Waals surface area contributed by atoms with Crippen molar-refractivity contribution in [3.63, 3.8) is 0 Å². The van der Waals surface area contributed by atoms with Crippen LogP contribution in [0.4, 0.5) is 5.82 Å². The summed E-state index contributed by atoms with van der Waals surface area (Å²) in [7, 11) is 0. The van der Waals surface area contributed by atoms with Crippen LogP contribution in [0.5, 0.6) is 0 Å². The molecule has 0 atom stereocenters. The molecule has 0 bridgehead atoms. The first-order valence-electron chi connectivity index (χ1n) is 9.94. The first-order valence-corrected chi connectivity index (χ1v) is 10.8. The molecule has 2 aliphatic heterocycles. The Bertz CT molecular complexity index is 1220. The lowest BCUT2D eigenvalue weighted by molar-refractivity contribution is -0.136. The molecule has 2 fully saturated rings. The van der Waals surface area contributed by atoms with Crippen LogP contribution in [0.3, 0.4) is 0 Å². The van der Waals surface area contributed by atoms with Crippen LogP contribution in [0.2, 0.25) is 0 Å². The van der Waals surface area contributed by atoms with Crippen molar-refractivity contribution in [3.05, 3.63) is 53.7 Å². The monoisotopic (exact) mass is 415 g/mol. The highest BCUT2D eigenvalue weighted by Gasteiger charge is 2.49. The van der Waals surface area contributed by atoms with Gasteiger partial charge >= 0.3 is 0 Å². The lowest BCUT2D eigenvalue weighted by Gasteiger charge is -2.47. The first-order chi connectivity index (χ1) is 14.5. The Morgan fingerprint density at radius 3 is 2.87 bits per heavy atom. The summed E-state index contributed by atoms with van der Waals surface area (Å²) in [6, 6.07) is 10.4. The van der Waals surface area contributed by atoms with E-state index >= 15 is 0 Å². The van der Waals surface area contributed by atoms with E-state index in [9.17, 15) is 10.1 Å². The molecule has 0 aliphatic carbocycles. The van der Waals surface area contributed by atoms with Gasteiger partial charge in [0.25, 0.3) is 0 Å². The molecular weight excluding hydrogens is 394 g/mol. The molecule has 0 radical (unpaired) electrons. The van der Waals surface area contributed by atoms with Crippen LogP contribution in [0.15, 0.2) is 42.4 Å². The number of anilines is 1. The van der Waals surface area contributed by atoms with E-state index in [1.807, 2.05) is 29.5 Å². The van der Waals surface area contributed by atoms with E-state index in [2.05, 4.69) is 34.7 Å². The average molecular weight is 416 g/mol. The van der Waals surface area contributed by atoms with E-state index in [1.54, 1.807) is 11.3 Å². The molecule has 3 aromatic rings. The molecule has 1 amide bonds. The van der Waals surface area contributed by atoms with Gasteiger partial charge in [0.2, 0.25) is 5.91 Å². The molecule has 4 heterocycles. The minimum Gasteiger partial charge on any atom is -0.355 e. The van der Waals surface area contributed by atoms with Crippen LogP contribution in [0, 0.1) is 23.7 Å². The van der Waals surface area contributed by atoms with E-state index in [1.165, 1.54) is 6.08 Å². The van der Waals surface area contributed by atoms with Crippen molar-refractivity contribution >= 4 is 34.0 Å². The fourth-order valence-electron chi connectivity index (χ4n) is 4.62. The molecule has 7 heteroatoms. The van der Waals surface area contributed by atoms with Gasteiger partial charge in [-0.15, -0.1) is 11.3 Å². The third-order valence-electron chi connectivity index (χ3n) is 6.20. The molecule has 2 aromatic heterocycles. The Morgan fingerprint density at radius 1 is 1.33 bits per heavy atom. The Labute approximate surface area is 179 Å². The van der Waals surface area contributed by atoms with Gasteiger partial charge in [-0.1, -0.05) is 18.7 Å². The minimum absolute atomic E-state index is 0.00786. The molecule has 0 N–H and O–H groups in total. The number of nitrogens with zero attached hydrogens (tertiary/aromatic N) is 5. The van der Waals surface area contributed by atoms with Crippen molar-refractivity contribution in [1.29, 1.82) is 5.26 Å². The van der Waals surface area contributed by atoms with E-state index < -0.39 is 0 Å². The van der Waals surface area contributed by atoms with Crippen LogP contribution in [0.1, 0.15) is 17.7 Å². The van der Waals surface area contributed by atoms with Crippen molar-refractivity contribution in [2.75, 3.05) is 31.1 Å². The first kappa shape index (κ1) is 18.8. The third-order valence-corrected chi connectivity index (χ3v) is 7.18. The molecule has 0 saturated carbocycles. The number of carbonyl (C=O) groups is 1. The Morgan fingerprint density at radius 2 is 2.17 bits per heavy atom. The maximum atomic E-state index is 11.8. The summed E-state index contributed by atoms with van der Waals surface area (Å²) < 4.78 is 0. The summed E-state index contributed by atoms with van der Waals surface area (Å²) in [5, 5.41) is 10.7. The van der Waals surface area contributed by atoms with Crippen LogP contribution in [-0.2, 0) is 4.79 Å². The van der Waals surface area contributed by atoms with Crippen molar-refractivity contribution < 1.29 is 4.79 Å². The number of hydrogen-bond donors (Lipinski definition) is 0. The predicted molar refractivity (Wildman–Crippen MR) is 118 cm³/mol. The Balaban J connectivity index is 1.47. The zero-order valence-corrected chi connectivity index (χ0v) is 17.6. The number of rotatable bonds is 3. The second-order valence-corrected chi connectivity index (χ2v) is 9.07. The number of fused-ring (bicyclic) bond motifs is 1. The summed E-state index contributed by atoms with van der Waals surface area (Å²) in [6.45, 7) is 8.74. The highest BCUT2D eigenvalue weighted by Crippen LogP contribution is 2.42. The lowest BCUT2D eigenvalue weighted by atomic mass is 9.79. The fraction of sp³-hybridized carbons (Fsp3) is 0.304. The van der Waals surface area contributed by atoms with Crippen LogP contribution in [0.25, 0.3) is 21.3 Å². The number of likely N-dealkylation sites (tertiary alicyclic amines) is 1. The number of aromatic nitrogens is 2. The molecule has 6 nitrogen and oxygen atoms in total. The molecular formula is C23H21N5OS. The average Bonchev–Trinajstić information content (AvgIpc) is 3.37. The number of nitriles is 1. The fourth-order valence-corrected chi connectivity index (χ4v) is 5.43. The number of aryl methyl sites for hydroxylation is 1. The molecule has 2 aliphatic rings. The van der Waals surface area contributed by atoms with Gasteiger partial charge in [0.15, 0.2) is 0 Å². The Kier molecular flexibility index (Phi) is 4.33. The summed E-state index contributed by atoms with van der Waals surface area (Å²) in [5.41, 5.74) is 5.55. The number of thiazole rings is 1. The number of amides is 1. The molecule has 0 unspecified atom stereocenters. The second kappa shape index (κ2) is 6.92. The van der Waals surface area contributed by atoms with Crippen LogP contribution >= 0.6 is 11.3 Å². The smallest absolute Gasteiger partial charge is 0.245 e. The topological polar surface area (TPSA) is 73.1 Å². The molecule has 5 rings (SSSR count). The van der Waals surface area contributed by atoms with Crippen molar-refractivity contribution in [3.8, 4) is 16.5 Å². The van der Waals surface area contributed by atoms with Gasteiger partial charge in [-0.25, -0.2) is 9.97 Å². The number of pyridine rings is 1. The standard InChI is InChI=1S/C23H21N5OS/c1-3-20(29)28-12-23(13-28)6-7-27(11-23)22-18(10-24)8-16-4-5-17(9-19(16)26-22)21-15(2)25-14-30-21/h3-5,8-9,14H,1,6-7,11-13H2,2H3. The summed E-state index contributed by atoms with van der Waals surface area (Å²) in [6.07, 6.45) is 2.37. The Hall–Kier alpha value is -3.24. The van der Waals surface area contributed by atoms with Gasteiger partial charge in [0.05, 0.1) is 27.2 Å². The molecule has 1 spiro atoms. The highest BCUT2D eigenvalue weighted by atomic mass is 32.1. The van der Waals surface area contributed by atoms with Gasteiger partial charge in [0, 0.05) is 37.0 Å². The van der Waals surface area contributed by atoms with Gasteiger partial charge < -0.3 is 9.80 Å². The molecule has 2 saturated heterocycles.